The molecule has 0 amide bonds. The summed E-state index contributed by atoms with van der Waals surface area (Å²) in [5.41, 5.74) is 2.62. The molecule has 2 rings (SSSR count). The van der Waals surface area contributed by atoms with Gasteiger partial charge in [0.05, 0.1) is 8.07 Å². The molecular formula is C16H26ClNOSi. The Morgan fingerprint density at radius 2 is 1.95 bits per heavy atom. The molecule has 2 nitrogen and oxygen atoms in total. The first-order valence-electron chi connectivity index (χ1n) is 7.49. The van der Waals surface area contributed by atoms with Crippen molar-refractivity contribution in [3.8, 4) is 0 Å². The third-order valence-corrected chi connectivity index (χ3v) is 7.51. The standard InChI is InChI=1S/C16H26ClNOSi/c1-7-10-8-11-14(16(10)19)12(17)9-13(20(4,5)6)15(11)18(2)3/h9-10,13,15H,7-8H2,1-6H3. The smallest absolute Gasteiger partial charge is 0.167 e. The minimum atomic E-state index is -1.39. The lowest BCUT2D eigenvalue weighted by atomic mass is 9.92. The number of nitrogens with zero attached hydrogens (tertiary/aromatic N) is 1. The largest absolute Gasteiger partial charge is 0.302 e. The fraction of sp³-hybridized carbons (Fsp3) is 0.688. The van der Waals surface area contributed by atoms with Crippen LogP contribution in [0.2, 0.25) is 25.2 Å². The van der Waals surface area contributed by atoms with Crippen LogP contribution in [0.15, 0.2) is 22.3 Å². The van der Waals surface area contributed by atoms with Crippen LogP contribution in [-0.4, -0.2) is 38.9 Å². The van der Waals surface area contributed by atoms with Gasteiger partial charge in [-0.1, -0.05) is 44.2 Å². The molecule has 3 atom stereocenters. The molecule has 0 aromatic carbocycles. The summed E-state index contributed by atoms with van der Waals surface area (Å²) in [7, 11) is 2.86. The van der Waals surface area contributed by atoms with Crippen molar-refractivity contribution in [1.82, 2.24) is 4.90 Å². The first kappa shape index (κ1) is 16.0. The highest BCUT2D eigenvalue weighted by atomic mass is 35.5. The number of ketones is 1. The summed E-state index contributed by atoms with van der Waals surface area (Å²) in [5, 5.41) is 0.714. The number of likely N-dealkylation sites (N-methyl/N-ethyl adjacent to an activating group) is 1. The van der Waals surface area contributed by atoms with Gasteiger partial charge in [-0.3, -0.25) is 4.79 Å². The van der Waals surface area contributed by atoms with Crippen molar-refractivity contribution in [2.75, 3.05) is 14.1 Å². The molecule has 0 aromatic heterocycles. The number of carbonyl (C=O) groups is 1. The molecule has 0 N–H and O–H groups in total. The summed E-state index contributed by atoms with van der Waals surface area (Å²) in [5.74, 6) is 0.412. The molecule has 20 heavy (non-hydrogen) atoms. The third kappa shape index (κ3) is 2.56. The van der Waals surface area contributed by atoms with Crippen LogP contribution >= 0.6 is 11.6 Å². The summed E-state index contributed by atoms with van der Waals surface area (Å²) in [6.07, 6.45) is 3.99. The molecular weight excluding hydrogens is 286 g/mol. The van der Waals surface area contributed by atoms with Gasteiger partial charge in [0.1, 0.15) is 0 Å². The Kier molecular flexibility index (Phi) is 4.34. The predicted octanol–water partition coefficient (Wildman–Crippen LogP) is 4.06. The van der Waals surface area contributed by atoms with E-state index in [0.717, 1.165) is 18.4 Å². The third-order valence-electron chi connectivity index (χ3n) is 4.72. The normalized spacial score (nSPS) is 30.9. The van der Waals surface area contributed by atoms with Gasteiger partial charge in [-0.25, -0.2) is 0 Å². The topological polar surface area (TPSA) is 20.3 Å². The quantitative estimate of drug-likeness (QED) is 0.733. The van der Waals surface area contributed by atoms with Gasteiger partial charge >= 0.3 is 0 Å². The molecule has 4 heteroatoms. The van der Waals surface area contributed by atoms with Gasteiger partial charge in [0.15, 0.2) is 5.78 Å². The average Bonchev–Trinajstić information content (AvgIpc) is 2.65. The fourth-order valence-corrected chi connectivity index (χ4v) is 6.17. The monoisotopic (exact) mass is 311 g/mol. The molecule has 0 radical (unpaired) electrons. The van der Waals surface area contributed by atoms with E-state index >= 15 is 0 Å². The Morgan fingerprint density at radius 3 is 2.40 bits per heavy atom. The first-order valence-corrected chi connectivity index (χ1v) is 11.4. The van der Waals surface area contributed by atoms with Gasteiger partial charge in [0.2, 0.25) is 0 Å². The zero-order valence-electron chi connectivity index (χ0n) is 13.5. The second kappa shape index (κ2) is 5.43. The zero-order valence-corrected chi connectivity index (χ0v) is 15.2. The van der Waals surface area contributed by atoms with E-state index in [0.29, 0.717) is 16.6 Å². The van der Waals surface area contributed by atoms with E-state index in [2.05, 4.69) is 51.6 Å². The lowest BCUT2D eigenvalue weighted by Gasteiger charge is -2.41. The van der Waals surface area contributed by atoms with Crippen molar-refractivity contribution in [2.24, 2.45) is 5.92 Å². The van der Waals surface area contributed by atoms with Gasteiger partial charge in [0, 0.05) is 22.6 Å². The molecule has 0 aromatic rings. The van der Waals surface area contributed by atoms with E-state index in [1.807, 2.05) is 0 Å². The van der Waals surface area contributed by atoms with E-state index < -0.39 is 8.07 Å². The van der Waals surface area contributed by atoms with Crippen LogP contribution in [0, 0.1) is 5.92 Å². The van der Waals surface area contributed by atoms with Crippen molar-refractivity contribution >= 4 is 25.5 Å². The van der Waals surface area contributed by atoms with E-state index in [9.17, 15) is 4.79 Å². The van der Waals surface area contributed by atoms with Crippen LogP contribution in [0.1, 0.15) is 19.8 Å². The van der Waals surface area contributed by atoms with Crippen LogP contribution in [0.3, 0.4) is 0 Å². The predicted molar refractivity (Wildman–Crippen MR) is 88.9 cm³/mol. The summed E-state index contributed by atoms with van der Waals surface area (Å²) in [6.45, 7) is 9.25. The Labute approximate surface area is 128 Å². The minimum absolute atomic E-state index is 0.144. The maximum atomic E-state index is 12.5. The Balaban J connectivity index is 2.50. The highest BCUT2D eigenvalue weighted by molar-refractivity contribution is 6.78. The number of Topliss-reactive ketones (excluding diaryl/α,β-unsaturated/α-hetero) is 1. The van der Waals surface area contributed by atoms with Gasteiger partial charge in [-0.15, -0.1) is 0 Å². The number of rotatable bonds is 3. The molecule has 2 aliphatic carbocycles. The van der Waals surface area contributed by atoms with Crippen molar-refractivity contribution in [3.63, 3.8) is 0 Å². The van der Waals surface area contributed by atoms with Gasteiger partial charge in [-0.05, 0) is 38.1 Å². The molecule has 0 saturated heterocycles. The molecule has 2 aliphatic rings. The molecule has 0 heterocycles. The number of carbonyl (C=O) groups excluding carboxylic acids is 1. The maximum absolute atomic E-state index is 12.5. The molecule has 3 unspecified atom stereocenters. The first-order chi connectivity index (χ1) is 9.18. The van der Waals surface area contributed by atoms with E-state index in [1.165, 1.54) is 5.57 Å². The number of allylic oxidation sites excluding steroid dienone is 2. The van der Waals surface area contributed by atoms with Crippen molar-refractivity contribution in [2.45, 2.75) is 51.0 Å². The summed E-state index contributed by atoms with van der Waals surface area (Å²) in [4.78, 5) is 14.8. The summed E-state index contributed by atoms with van der Waals surface area (Å²) < 4.78 is 0. The van der Waals surface area contributed by atoms with E-state index in [1.54, 1.807) is 0 Å². The van der Waals surface area contributed by atoms with Crippen LogP contribution in [-0.2, 0) is 4.79 Å². The Hall–Kier alpha value is -0.383. The van der Waals surface area contributed by atoms with Gasteiger partial charge in [-0.2, -0.15) is 0 Å². The minimum Gasteiger partial charge on any atom is -0.302 e. The van der Waals surface area contributed by atoms with E-state index in [-0.39, 0.29) is 11.7 Å². The molecule has 0 aliphatic heterocycles. The lowest BCUT2D eigenvalue weighted by Crippen LogP contribution is -2.45. The zero-order chi connectivity index (χ0) is 15.2. The Bertz CT molecular complexity index is 487. The average molecular weight is 312 g/mol. The summed E-state index contributed by atoms with van der Waals surface area (Å²) in [6, 6.07) is 0.347. The highest BCUT2D eigenvalue weighted by Gasteiger charge is 2.45. The van der Waals surface area contributed by atoms with E-state index in [4.69, 9.17) is 11.6 Å². The lowest BCUT2D eigenvalue weighted by molar-refractivity contribution is -0.118. The number of hydrogen-bond acceptors (Lipinski definition) is 2. The second-order valence-electron chi connectivity index (χ2n) is 7.39. The van der Waals surface area contributed by atoms with Gasteiger partial charge < -0.3 is 4.90 Å². The van der Waals surface area contributed by atoms with Crippen LogP contribution < -0.4 is 0 Å². The van der Waals surface area contributed by atoms with Crippen molar-refractivity contribution in [3.05, 3.63) is 22.3 Å². The van der Waals surface area contributed by atoms with Crippen molar-refractivity contribution < 1.29 is 4.79 Å². The molecule has 112 valence electrons. The van der Waals surface area contributed by atoms with Crippen molar-refractivity contribution in [1.29, 1.82) is 0 Å². The molecule has 0 fully saturated rings. The highest BCUT2D eigenvalue weighted by Crippen LogP contribution is 2.48. The van der Waals surface area contributed by atoms with Gasteiger partial charge in [0.25, 0.3) is 0 Å². The number of hydrogen-bond donors (Lipinski definition) is 0. The molecule has 0 spiro atoms. The second-order valence-corrected chi connectivity index (χ2v) is 13.2. The Morgan fingerprint density at radius 1 is 1.35 bits per heavy atom. The molecule has 0 bridgehead atoms. The maximum Gasteiger partial charge on any atom is 0.167 e. The fourth-order valence-electron chi connectivity index (χ4n) is 3.60. The summed E-state index contributed by atoms with van der Waals surface area (Å²) >= 11 is 6.49. The SMILES string of the molecule is CCC1CC2=C(C1=O)C(Cl)=CC([Si](C)(C)C)C2N(C)C. The van der Waals surface area contributed by atoms with Crippen LogP contribution in [0.5, 0.6) is 0 Å². The van der Waals surface area contributed by atoms with Crippen LogP contribution in [0.25, 0.3) is 0 Å². The van der Waals surface area contributed by atoms with Crippen LogP contribution in [0.4, 0.5) is 0 Å². The number of halogens is 1. The molecule has 0 saturated carbocycles.